The Morgan fingerprint density at radius 3 is 2.61 bits per heavy atom. The van der Waals surface area contributed by atoms with Crippen LogP contribution in [0.25, 0.3) is 0 Å². The van der Waals surface area contributed by atoms with Gasteiger partial charge in [-0.15, -0.1) is 0 Å². The lowest BCUT2D eigenvalue weighted by Gasteiger charge is -2.25. The van der Waals surface area contributed by atoms with Gasteiger partial charge in [0.05, 0.1) is 16.3 Å². The molecule has 1 fully saturated rings. The minimum Gasteiger partial charge on any atom is -0.494 e. The average molecular weight is 405 g/mol. The molecule has 0 bridgehead atoms. The predicted molar refractivity (Wildman–Crippen MR) is 106 cm³/mol. The second-order valence-corrected chi connectivity index (χ2v) is 7.14. The second kappa shape index (κ2) is 8.43. The summed E-state index contributed by atoms with van der Waals surface area (Å²) in [4.78, 5) is 39.0. The van der Waals surface area contributed by atoms with Crippen molar-refractivity contribution in [3.05, 3.63) is 61.3 Å². The number of aromatic nitrogens is 2. The molecule has 9 heteroatoms. The summed E-state index contributed by atoms with van der Waals surface area (Å²) in [6.07, 6.45) is 4.48. The van der Waals surface area contributed by atoms with Crippen molar-refractivity contribution in [2.75, 3.05) is 0 Å². The van der Waals surface area contributed by atoms with Crippen LogP contribution in [0.1, 0.15) is 61.0 Å². The molecule has 0 atom stereocenters. The highest BCUT2D eigenvalue weighted by Crippen LogP contribution is 2.30. The Kier molecular flexibility index (Phi) is 5.99. The number of benzene rings is 1. The van der Waals surface area contributed by atoms with E-state index in [0.29, 0.717) is 0 Å². The number of amides is 1. The van der Waals surface area contributed by atoms with Gasteiger partial charge in [-0.1, -0.05) is 43.0 Å². The van der Waals surface area contributed by atoms with E-state index in [1.165, 1.54) is 17.6 Å². The number of carbonyl (C=O) groups excluding carboxylic acids is 1. The summed E-state index contributed by atoms with van der Waals surface area (Å²) < 4.78 is 1.21. The molecule has 1 heterocycles. The molecule has 8 nitrogen and oxygen atoms in total. The molecule has 28 heavy (non-hydrogen) atoms. The van der Waals surface area contributed by atoms with Crippen molar-refractivity contribution in [2.45, 2.75) is 45.1 Å². The summed E-state index contributed by atoms with van der Waals surface area (Å²) in [6.45, 7) is 1.47. The predicted octanol–water partition coefficient (Wildman–Crippen LogP) is 2.55. The fourth-order valence-electron chi connectivity index (χ4n) is 3.44. The van der Waals surface area contributed by atoms with Crippen LogP contribution >= 0.6 is 11.6 Å². The van der Waals surface area contributed by atoms with E-state index in [0.717, 1.165) is 32.1 Å². The van der Waals surface area contributed by atoms with E-state index in [-0.39, 0.29) is 27.9 Å². The first-order valence-electron chi connectivity index (χ1n) is 9.07. The Hall–Kier alpha value is -2.87. The number of hydrogen-bond acceptors (Lipinski definition) is 5. The molecule has 1 aromatic carbocycles. The molecule has 0 aliphatic heterocycles. The van der Waals surface area contributed by atoms with Crippen LogP contribution in [0.2, 0.25) is 5.02 Å². The van der Waals surface area contributed by atoms with Gasteiger partial charge in [-0.05, 0) is 31.9 Å². The lowest BCUT2D eigenvalue weighted by molar-refractivity contribution is 0.0955. The van der Waals surface area contributed by atoms with Crippen LogP contribution in [0.5, 0.6) is 5.88 Å². The summed E-state index contributed by atoms with van der Waals surface area (Å²) in [5, 5.41) is 14.8. The zero-order chi connectivity index (χ0) is 20.3. The lowest BCUT2D eigenvalue weighted by atomic mass is 9.95. The first-order valence-corrected chi connectivity index (χ1v) is 9.45. The zero-order valence-electron chi connectivity index (χ0n) is 15.4. The Morgan fingerprint density at radius 1 is 1.25 bits per heavy atom. The third-order valence-electron chi connectivity index (χ3n) is 4.86. The quantitative estimate of drug-likeness (QED) is 0.536. The van der Waals surface area contributed by atoms with E-state index in [1.54, 1.807) is 18.2 Å². The Balaban J connectivity index is 1.93. The smallest absolute Gasteiger partial charge is 0.331 e. The highest BCUT2D eigenvalue weighted by molar-refractivity contribution is 6.33. The summed E-state index contributed by atoms with van der Waals surface area (Å²) in [5.74, 6) is -0.990. The molecule has 0 spiro atoms. The number of aromatic hydroxyl groups is 1. The van der Waals surface area contributed by atoms with Gasteiger partial charge in [0.2, 0.25) is 5.88 Å². The van der Waals surface area contributed by atoms with Crippen molar-refractivity contribution in [1.82, 2.24) is 15.0 Å². The molecule has 1 aliphatic rings. The molecule has 2 aromatic rings. The van der Waals surface area contributed by atoms with Crippen molar-refractivity contribution in [3.8, 4) is 5.88 Å². The molecule has 148 valence electrons. The van der Waals surface area contributed by atoms with Crippen molar-refractivity contribution >= 4 is 23.2 Å². The molecule has 1 saturated carbocycles. The number of H-pyrrole nitrogens is 1. The number of rotatable bonds is 4. The molecular formula is C19H21ClN4O4. The van der Waals surface area contributed by atoms with Crippen molar-refractivity contribution in [1.29, 1.82) is 0 Å². The van der Waals surface area contributed by atoms with Gasteiger partial charge in [-0.25, -0.2) is 10.2 Å². The van der Waals surface area contributed by atoms with Gasteiger partial charge in [-0.3, -0.25) is 19.1 Å². The number of hydrazone groups is 1. The molecule has 0 radical (unpaired) electrons. The van der Waals surface area contributed by atoms with Crippen LogP contribution in [0.3, 0.4) is 0 Å². The molecular weight excluding hydrogens is 384 g/mol. The number of hydrogen-bond donors (Lipinski definition) is 3. The second-order valence-electron chi connectivity index (χ2n) is 6.74. The van der Waals surface area contributed by atoms with Gasteiger partial charge in [0.25, 0.3) is 11.5 Å². The normalized spacial score (nSPS) is 15.4. The van der Waals surface area contributed by atoms with Gasteiger partial charge in [0.1, 0.15) is 5.56 Å². The van der Waals surface area contributed by atoms with Crippen LogP contribution < -0.4 is 16.7 Å². The van der Waals surface area contributed by atoms with E-state index >= 15 is 0 Å². The fraction of sp³-hybridized carbons (Fsp3) is 0.368. The molecule has 3 N–H and O–H groups in total. The maximum absolute atomic E-state index is 12.3. The van der Waals surface area contributed by atoms with Gasteiger partial charge in [0, 0.05) is 6.04 Å². The minimum atomic E-state index is -0.761. The van der Waals surface area contributed by atoms with Gasteiger partial charge in [-0.2, -0.15) is 5.10 Å². The fourth-order valence-corrected chi connectivity index (χ4v) is 3.66. The third kappa shape index (κ3) is 4.01. The molecule has 0 unspecified atom stereocenters. The van der Waals surface area contributed by atoms with Crippen molar-refractivity contribution < 1.29 is 9.90 Å². The third-order valence-corrected chi connectivity index (χ3v) is 5.19. The van der Waals surface area contributed by atoms with E-state index < -0.39 is 23.0 Å². The number of nitrogens with one attached hydrogen (secondary N) is 2. The van der Waals surface area contributed by atoms with Crippen LogP contribution in [-0.2, 0) is 0 Å². The molecule has 1 aromatic heterocycles. The summed E-state index contributed by atoms with van der Waals surface area (Å²) in [5.41, 5.74) is 1.06. The monoisotopic (exact) mass is 404 g/mol. The Labute approximate surface area is 165 Å². The SMILES string of the molecule is C/C(=N\NC(=O)c1ccccc1Cl)c1c(O)n(C2CCCCC2)c(=O)[nH]c1=O. The number of nitrogens with zero attached hydrogens (tertiary/aromatic N) is 2. The largest absolute Gasteiger partial charge is 0.494 e. The zero-order valence-corrected chi connectivity index (χ0v) is 16.1. The first kappa shape index (κ1) is 19.9. The standard InChI is InChI=1S/C19H21ClN4O4/c1-11(22-23-16(25)13-9-5-6-10-14(13)20)15-17(26)21-19(28)24(18(15)27)12-7-3-2-4-8-12/h5-6,9-10,12,27H,2-4,7-8H2,1H3,(H,23,25)(H,21,26,28)/b22-11+. The van der Waals surface area contributed by atoms with E-state index in [9.17, 15) is 19.5 Å². The lowest BCUT2D eigenvalue weighted by Crippen LogP contribution is -2.36. The molecule has 3 rings (SSSR count). The van der Waals surface area contributed by atoms with E-state index in [4.69, 9.17) is 11.6 Å². The number of halogens is 1. The van der Waals surface area contributed by atoms with Crippen LogP contribution in [0.4, 0.5) is 0 Å². The van der Waals surface area contributed by atoms with Crippen molar-refractivity contribution in [2.24, 2.45) is 5.10 Å². The summed E-state index contributed by atoms with van der Waals surface area (Å²) in [7, 11) is 0. The van der Waals surface area contributed by atoms with Crippen LogP contribution in [0.15, 0.2) is 39.0 Å². The summed E-state index contributed by atoms with van der Waals surface area (Å²) in [6, 6.07) is 6.29. The highest BCUT2D eigenvalue weighted by atomic mass is 35.5. The van der Waals surface area contributed by atoms with Crippen molar-refractivity contribution in [3.63, 3.8) is 0 Å². The topological polar surface area (TPSA) is 117 Å². The van der Waals surface area contributed by atoms with Crippen LogP contribution in [-0.4, -0.2) is 26.3 Å². The molecule has 1 aliphatic carbocycles. The van der Waals surface area contributed by atoms with Gasteiger partial charge < -0.3 is 5.11 Å². The molecule has 0 saturated heterocycles. The van der Waals surface area contributed by atoms with Gasteiger partial charge in [0.15, 0.2) is 0 Å². The average Bonchev–Trinajstić information content (AvgIpc) is 2.67. The first-order chi connectivity index (χ1) is 13.4. The minimum absolute atomic E-state index is 0.0729. The number of carbonyl (C=O) groups is 1. The van der Waals surface area contributed by atoms with Gasteiger partial charge >= 0.3 is 5.69 Å². The van der Waals surface area contributed by atoms with E-state index in [1.807, 2.05) is 0 Å². The molecule has 1 amide bonds. The maximum atomic E-state index is 12.3. The van der Waals surface area contributed by atoms with E-state index in [2.05, 4.69) is 15.5 Å². The highest BCUT2D eigenvalue weighted by Gasteiger charge is 2.24. The summed E-state index contributed by atoms with van der Waals surface area (Å²) >= 11 is 5.98. The maximum Gasteiger partial charge on any atom is 0.331 e. The van der Waals surface area contributed by atoms with Crippen LogP contribution in [0, 0.1) is 0 Å². The Morgan fingerprint density at radius 2 is 1.93 bits per heavy atom. The number of aromatic amines is 1. The Bertz CT molecular complexity index is 1030.